The molecule has 17 heavy (non-hydrogen) atoms. The average Bonchev–Trinajstić information content (AvgIpc) is 2.20. The number of ether oxygens (including phenoxy) is 1. The maximum Gasteiger partial charge on any atom is 0.156 e. The number of hydrogen-bond acceptors (Lipinski definition) is 2. The molecule has 0 aliphatic heterocycles. The molecule has 0 unspecified atom stereocenters. The van der Waals surface area contributed by atoms with Gasteiger partial charge in [0, 0.05) is 12.6 Å². The first-order valence-electron chi connectivity index (χ1n) is 5.38. The fourth-order valence-electron chi connectivity index (χ4n) is 1.32. The van der Waals surface area contributed by atoms with E-state index in [1.54, 1.807) is 0 Å². The van der Waals surface area contributed by atoms with Gasteiger partial charge in [0.2, 0.25) is 0 Å². The van der Waals surface area contributed by atoms with E-state index < -0.39 is 0 Å². The number of benzene rings is 1. The van der Waals surface area contributed by atoms with E-state index in [9.17, 15) is 0 Å². The van der Waals surface area contributed by atoms with Gasteiger partial charge in [-0.1, -0.05) is 37.0 Å². The number of halogens is 3. The molecule has 0 atom stereocenters. The van der Waals surface area contributed by atoms with Crippen LogP contribution >= 0.6 is 35.6 Å². The first-order chi connectivity index (χ1) is 7.54. The zero-order valence-corrected chi connectivity index (χ0v) is 12.5. The Morgan fingerprint density at radius 1 is 1.24 bits per heavy atom. The lowest BCUT2D eigenvalue weighted by Crippen LogP contribution is -2.21. The molecule has 98 valence electrons. The van der Waals surface area contributed by atoms with E-state index in [1.807, 2.05) is 19.1 Å². The van der Waals surface area contributed by atoms with Crippen LogP contribution in [0.15, 0.2) is 12.1 Å². The van der Waals surface area contributed by atoms with Crippen molar-refractivity contribution in [2.24, 2.45) is 0 Å². The van der Waals surface area contributed by atoms with Gasteiger partial charge in [0.15, 0.2) is 5.75 Å². The Bertz CT molecular complexity index is 333. The fourth-order valence-corrected chi connectivity index (χ4v) is 1.96. The van der Waals surface area contributed by atoms with Gasteiger partial charge in [0.1, 0.15) is 0 Å². The van der Waals surface area contributed by atoms with Gasteiger partial charge < -0.3 is 10.1 Å². The molecule has 2 nitrogen and oxygen atoms in total. The van der Waals surface area contributed by atoms with Crippen LogP contribution in [0.3, 0.4) is 0 Å². The van der Waals surface area contributed by atoms with Crippen molar-refractivity contribution in [3.63, 3.8) is 0 Å². The van der Waals surface area contributed by atoms with Crippen molar-refractivity contribution in [2.75, 3.05) is 6.61 Å². The molecule has 0 heterocycles. The molecule has 0 aromatic heterocycles. The van der Waals surface area contributed by atoms with Crippen LogP contribution in [0, 0.1) is 0 Å². The smallest absolute Gasteiger partial charge is 0.156 e. The molecule has 0 aliphatic carbocycles. The van der Waals surface area contributed by atoms with Gasteiger partial charge in [-0.05, 0) is 24.6 Å². The van der Waals surface area contributed by atoms with Crippen molar-refractivity contribution >= 4 is 35.6 Å². The second-order valence-corrected chi connectivity index (χ2v) is 4.67. The number of rotatable bonds is 5. The van der Waals surface area contributed by atoms with Crippen LogP contribution in [0.5, 0.6) is 5.75 Å². The molecule has 5 heteroatoms. The number of nitrogens with one attached hydrogen (secondary N) is 1. The van der Waals surface area contributed by atoms with Gasteiger partial charge in [-0.25, -0.2) is 0 Å². The SMILES string of the molecule is CCOc1c(Cl)cc(CNC(C)C)cc1Cl.Cl. The molecule has 1 N–H and O–H groups in total. The summed E-state index contributed by atoms with van der Waals surface area (Å²) < 4.78 is 5.36. The first kappa shape index (κ1) is 16.9. The van der Waals surface area contributed by atoms with Crippen LogP contribution in [0.2, 0.25) is 10.0 Å². The Balaban J connectivity index is 0.00000256. The Hall–Kier alpha value is -0.150. The van der Waals surface area contributed by atoms with Crippen molar-refractivity contribution in [1.82, 2.24) is 5.32 Å². The predicted molar refractivity (Wildman–Crippen MR) is 76.9 cm³/mol. The van der Waals surface area contributed by atoms with Crippen LogP contribution < -0.4 is 10.1 Å². The third-order valence-electron chi connectivity index (χ3n) is 2.06. The van der Waals surface area contributed by atoms with Gasteiger partial charge in [0.05, 0.1) is 16.7 Å². The molecule has 1 rings (SSSR count). The summed E-state index contributed by atoms with van der Waals surface area (Å²) in [6.45, 7) is 7.41. The minimum Gasteiger partial charge on any atom is -0.491 e. The molecule has 0 amide bonds. The lowest BCUT2D eigenvalue weighted by molar-refractivity contribution is 0.340. The van der Waals surface area contributed by atoms with E-state index in [0.717, 1.165) is 12.1 Å². The van der Waals surface area contributed by atoms with Gasteiger partial charge in [-0.15, -0.1) is 12.4 Å². The van der Waals surface area contributed by atoms with Crippen LogP contribution in [0.1, 0.15) is 26.3 Å². The molecular weight excluding hydrogens is 280 g/mol. The van der Waals surface area contributed by atoms with Crippen molar-refractivity contribution in [1.29, 1.82) is 0 Å². The Morgan fingerprint density at radius 2 is 1.76 bits per heavy atom. The lowest BCUT2D eigenvalue weighted by Gasteiger charge is -2.12. The van der Waals surface area contributed by atoms with Crippen molar-refractivity contribution < 1.29 is 4.74 Å². The standard InChI is InChI=1S/C12H17Cl2NO.ClH/c1-4-16-12-10(13)5-9(6-11(12)14)7-15-8(2)3;/h5-6,8,15H,4,7H2,1-3H3;1H. The minimum absolute atomic E-state index is 0. The van der Waals surface area contributed by atoms with Gasteiger partial charge in [-0.3, -0.25) is 0 Å². The quantitative estimate of drug-likeness (QED) is 0.874. The molecule has 1 aromatic carbocycles. The summed E-state index contributed by atoms with van der Waals surface area (Å²) in [7, 11) is 0. The van der Waals surface area contributed by atoms with Crippen LogP contribution in [0.4, 0.5) is 0 Å². The molecule has 0 saturated carbocycles. The summed E-state index contributed by atoms with van der Waals surface area (Å²) in [6.07, 6.45) is 0. The summed E-state index contributed by atoms with van der Waals surface area (Å²) >= 11 is 12.2. The monoisotopic (exact) mass is 297 g/mol. The molecule has 0 radical (unpaired) electrons. The topological polar surface area (TPSA) is 21.3 Å². The summed E-state index contributed by atoms with van der Waals surface area (Å²) in [5, 5.41) is 4.44. The lowest BCUT2D eigenvalue weighted by atomic mass is 10.2. The van der Waals surface area contributed by atoms with E-state index in [-0.39, 0.29) is 12.4 Å². The van der Waals surface area contributed by atoms with E-state index in [0.29, 0.717) is 28.4 Å². The summed E-state index contributed by atoms with van der Waals surface area (Å²) in [6, 6.07) is 4.20. The maximum absolute atomic E-state index is 6.09. The van der Waals surface area contributed by atoms with Crippen molar-refractivity contribution in [3.05, 3.63) is 27.7 Å². The Labute approximate surface area is 119 Å². The van der Waals surface area contributed by atoms with Crippen LogP contribution in [0.25, 0.3) is 0 Å². The summed E-state index contributed by atoms with van der Waals surface area (Å²) in [4.78, 5) is 0. The van der Waals surface area contributed by atoms with Gasteiger partial charge in [0.25, 0.3) is 0 Å². The van der Waals surface area contributed by atoms with E-state index in [2.05, 4.69) is 19.2 Å². The molecule has 0 aliphatic rings. The van der Waals surface area contributed by atoms with Gasteiger partial charge >= 0.3 is 0 Å². The van der Waals surface area contributed by atoms with Gasteiger partial charge in [-0.2, -0.15) is 0 Å². The summed E-state index contributed by atoms with van der Waals surface area (Å²) in [5.74, 6) is 0.569. The molecule has 0 bridgehead atoms. The van der Waals surface area contributed by atoms with Crippen molar-refractivity contribution in [2.45, 2.75) is 33.4 Å². The Kier molecular flexibility index (Phi) is 7.97. The predicted octanol–water partition coefficient (Wildman–Crippen LogP) is 4.31. The molecule has 0 fully saturated rings. The molecule has 1 aromatic rings. The molecular formula is C12H18Cl3NO. The molecule has 0 spiro atoms. The maximum atomic E-state index is 6.09. The zero-order valence-electron chi connectivity index (χ0n) is 10.2. The highest BCUT2D eigenvalue weighted by molar-refractivity contribution is 6.37. The third kappa shape index (κ3) is 5.35. The first-order valence-corrected chi connectivity index (χ1v) is 6.14. The highest BCUT2D eigenvalue weighted by Crippen LogP contribution is 2.34. The highest BCUT2D eigenvalue weighted by atomic mass is 35.5. The largest absolute Gasteiger partial charge is 0.491 e. The third-order valence-corrected chi connectivity index (χ3v) is 2.62. The summed E-state index contributed by atoms with van der Waals surface area (Å²) in [5.41, 5.74) is 1.06. The Morgan fingerprint density at radius 3 is 2.18 bits per heavy atom. The second kappa shape index (κ2) is 8.04. The highest BCUT2D eigenvalue weighted by Gasteiger charge is 2.09. The fraction of sp³-hybridized carbons (Fsp3) is 0.500. The van der Waals surface area contributed by atoms with Crippen LogP contribution in [-0.4, -0.2) is 12.6 Å². The average molecular weight is 299 g/mol. The van der Waals surface area contributed by atoms with Crippen molar-refractivity contribution in [3.8, 4) is 5.75 Å². The van der Waals surface area contributed by atoms with E-state index >= 15 is 0 Å². The van der Waals surface area contributed by atoms with Crippen LogP contribution in [-0.2, 0) is 6.54 Å². The van der Waals surface area contributed by atoms with E-state index in [1.165, 1.54) is 0 Å². The number of hydrogen-bond donors (Lipinski definition) is 1. The second-order valence-electron chi connectivity index (χ2n) is 3.86. The zero-order chi connectivity index (χ0) is 12.1. The normalized spacial score (nSPS) is 10.2. The molecule has 0 saturated heterocycles. The minimum atomic E-state index is 0. The van der Waals surface area contributed by atoms with E-state index in [4.69, 9.17) is 27.9 Å².